The van der Waals surface area contributed by atoms with Crippen LogP contribution in [0.5, 0.6) is 5.75 Å². The number of amides is 1. The van der Waals surface area contributed by atoms with Crippen molar-refractivity contribution in [2.24, 2.45) is 0 Å². The fourth-order valence-corrected chi connectivity index (χ4v) is 1.97. The van der Waals surface area contributed by atoms with Gasteiger partial charge in [-0.15, -0.1) is 0 Å². The maximum Gasteiger partial charge on any atom is 0.418 e. The zero-order chi connectivity index (χ0) is 18.4. The van der Waals surface area contributed by atoms with Crippen LogP contribution in [0.4, 0.5) is 33.3 Å². The lowest BCUT2D eigenvalue weighted by Gasteiger charge is -2.14. The SMILES string of the molecule is O=C(CNc1ccc(OC(F)F)cc1)Nc1ccccc1C(F)(F)F. The molecule has 0 heterocycles. The molecule has 0 atom stereocenters. The van der Waals surface area contributed by atoms with Gasteiger partial charge in [-0.05, 0) is 36.4 Å². The van der Waals surface area contributed by atoms with E-state index in [0.717, 1.165) is 12.1 Å². The van der Waals surface area contributed by atoms with E-state index in [0.29, 0.717) is 5.69 Å². The Morgan fingerprint density at radius 1 is 1.04 bits per heavy atom. The number of hydrogen-bond donors (Lipinski definition) is 2. The standard InChI is InChI=1S/C16H13F5N2O2/c17-15(18)25-11-7-5-10(6-8-11)22-9-14(24)23-13-4-2-1-3-12(13)16(19,20)21/h1-8,15,22H,9H2,(H,23,24). The molecule has 0 aliphatic rings. The highest BCUT2D eigenvalue weighted by Gasteiger charge is 2.33. The molecule has 0 aromatic heterocycles. The van der Waals surface area contributed by atoms with Crippen LogP contribution in [0.3, 0.4) is 0 Å². The normalized spacial score (nSPS) is 11.3. The summed E-state index contributed by atoms with van der Waals surface area (Å²) in [5.41, 5.74) is -0.875. The van der Waals surface area contributed by atoms with Crippen molar-refractivity contribution in [2.45, 2.75) is 12.8 Å². The lowest BCUT2D eigenvalue weighted by molar-refractivity contribution is -0.137. The van der Waals surface area contributed by atoms with E-state index in [4.69, 9.17) is 0 Å². The largest absolute Gasteiger partial charge is 0.435 e. The number of anilines is 2. The summed E-state index contributed by atoms with van der Waals surface area (Å²) in [5, 5.41) is 4.85. The van der Waals surface area contributed by atoms with Gasteiger partial charge in [0.25, 0.3) is 0 Å². The highest BCUT2D eigenvalue weighted by atomic mass is 19.4. The van der Waals surface area contributed by atoms with E-state index in [1.54, 1.807) is 0 Å². The number of benzene rings is 2. The topological polar surface area (TPSA) is 50.4 Å². The first-order valence-electron chi connectivity index (χ1n) is 7.00. The van der Waals surface area contributed by atoms with Crippen LogP contribution in [0.2, 0.25) is 0 Å². The Labute approximate surface area is 139 Å². The summed E-state index contributed by atoms with van der Waals surface area (Å²) in [6.45, 7) is -3.25. The fraction of sp³-hybridized carbons (Fsp3) is 0.188. The zero-order valence-corrected chi connectivity index (χ0v) is 12.6. The second-order valence-corrected chi connectivity index (χ2v) is 4.85. The first kappa shape index (κ1) is 18.5. The molecule has 4 nitrogen and oxygen atoms in total. The Balaban J connectivity index is 1.93. The van der Waals surface area contributed by atoms with Crippen LogP contribution in [-0.2, 0) is 11.0 Å². The molecular formula is C16H13F5N2O2. The van der Waals surface area contributed by atoms with Gasteiger partial charge in [-0.1, -0.05) is 12.1 Å². The minimum Gasteiger partial charge on any atom is -0.435 e. The van der Waals surface area contributed by atoms with E-state index >= 15 is 0 Å². The number of para-hydroxylation sites is 1. The highest BCUT2D eigenvalue weighted by Crippen LogP contribution is 2.34. The Kier molecular flexibility index (Phi) is 5.79. The fourth-order valence-electron chi connectivity index (χ4n) is 1.97. The van der Waals surface area contributed by atoms with Crippen molar-refractivity contribution in [3.63, 3.8) is 0 Å². The molecule has 0 aliphatic carbocycles. The lowest BCUT2D eigenvalue weighted by atomic mass is 10.1. The van der Waals surface area contributed by atoms with Gasteiger partial charge in [0.05, 0.1) is 17.8 Å². The molecule has 0 unspecified atom stereocenters. The summed E-state index contributed by atoms with van der Waals surface area (Å²) in [5.74, 6) is -0.742. The van der Waals surface area contributed by atoms with Gasteiger partial charge in [-0.25, -0.2) is 0 Å². The van der Waals surface area contributed by atoms with Gasteiger partial charge in [0, 0.05) is 5.69 Å². The summed E-state index contributed by atoms with van der Waals surface area (Å²) < 4.78 is 66.8. The maximum absolute atomic E-state index is 12.8. The molecule has 0 saturated heterocycles. The molecule has 25 heavy (non-hydrogen) atoms. The van der Waals surface area contributed by atoms with Crippen molar-refractivity contribution in [2.75, 3.05) is 17.2 Å². The quantitative estimate of drug-likeness (QED) is 0.753. The molecule has 9 heteroatoms. The molecular weight excluding hydrogens is 347 g/mol. The molecule has 0 saturated carbocycles. The molecule has 2 rings (SSSR count). The van der Waals surface area contributed by atoms with Gasteiger partial charge < -0.3 is 15.4 Å². The molecule has 134 valence electrons. The van der Waals surface area contributed by atoms with E-state index in [1.807, 2.05) is 0 Å². The Morgan fingerprint density at radius 2 is 1.68 bits per heavy atom. The number of halogens is 5. The summed E-state index contributed by atoms with van der Waals surface area (Å²) in [4.78, 5) is 11.8. The predicted molar refractivity (Wildman–Crippen MR) is 81.6 cm³/mol. The third-order valence-corrected chi connectivity index (χ3v) is 3.04. The van der Waals surface area contributed by atoms with Gasteiger partial charge in [0.1, 0.15) is 5.75 Å². The molecule has 0 fully saturated rings. The van der Waals surface area contributed by atoms with Crippen LogP contribution in [0.1, 0.15) is 5.56 Å². The summed E-state index contributed by atoms with van der Waals surface area (Å²) in [7, 11) is 0. The number of nitrogens with one attached hydrogen (secondary N) is 2. The molecule has 0 bridgehead atoms. The minimum absolute atomic E-state index is 0.0518. The van der Waals surface area contributed by atoms with E-state index < -0.39 is 24.3 Å². The second kappa shape index (κ2) is 7.82. The van der Waals surface area contributed by atoms with Gasteiger partial charge in [-0.3, -0.25) is 4.79 Å². The third-order valence-electron chi connectivity index (χ3n) is 3.04. The average molecular weight is 360 g/mol. The van der Waals surface area contributed by atoms with Gasteiger partial charge in [0.2, 0.25) is 5.91 Å². The molecule has 0 aliphatic heterocycles. The monoisotopic (exact) mass is 360 g/mol. The van der Waals surface area contributed by atoms with Gasteiger partial charge in [0.15, 0.2) is 0 Å². The van der Waals surface area contributed by atoms with Crippen LogP contribution in [-0.4, -0.2) is 19.1 Å². The predicted octanol–water partition coefficient (Wildman–Crippen LogP) is 4.36. The number of ether oxygens (including phenoxy) is 1. The molecule has 2 N–H and O–H groups in total. The van der Waals surface area contributed by atoms with Crippen LogP contribution < -0.4 is 15.4 Å². The molecule has 0 radical (unpaired) electrons. The van der Waals surface area contributed by atoms with E-state index in [1.165, 1.54) is 36.4 Å². The Morgan fingerprint density at radius 3 is 2.28 bits per heavy atom. The number of hydrogen-bond acceptors (Lipinski definition) is 3. The number of carbonyl (C=O) groups excluding carboxylic acids is 1. The summed E-state index contributed by atoms with van der Waals surface area (Å²) in [6.07, 6.45) is -4.59. The molecule has 1 amide bonds. The number of alkyl halides is 5. The minimum atomic E-state index is -4.59. The maximum atomic E-state index is 12.8. The van der Waals surface area contributed by atoms with Crippen LogP contribution in [0.25, 0.3) is 0 Å². The second-order valence-electron chi connectivity index (χ2n) is 4.85. The smallest absolute Gasteiger partial charge is 0.418 e. The van der Waals surface area contributed by atoms with E-state index in [9.17, 15) is 26.7 Å². The summed E-state index contributed by atoms with van der Waals surface area (Å²) in [6, 6.07) is 9.95. The van der Waals surface area contributed by atoms with E-state index in [-0.39, 0.29) is 18.0 Å². The highest BCUT2D eigenvalue weighted by molar-refractivity contribution is 5.94. The van der Waals surface area contributed by atoms with Crippen molar-refractivity contribution in [1.29, 1.82) is 0 Å². The van der Waals surface area contributed by atoms with Crippen molar-refractivity contribution in [3.05, 3.63) is 54.1 Å². The van der Waals surface area contributed by atoms with Gasteiger partial charge >= 0.3 is 12.8 Å². The third kappa shape index (κ3) is 5.63. The van der Waals surface area contributed by atoms with E-state index in [2.05, 4.69) is 15.4 Å². The molecule has 2 aromatic rings. The van der Waals surface area contributed by atoms with Crippen molar-refractivity contribution < 1.29 is 31.5 Å². The van der Waals surface area contributed by atoms with Crippen molar-refractivity contribution in [1.82, 2.24) is 0 Å². The molecule has 0 spiro atoms. The number of rotatable bonds is 6. The lowest BCUT2D eigenvalue weighted by Crippen LogP contribution is -2.23. The van der Waals surface area contributed by atoms with Gasteiger partial charge in [-0.2, -0.15) is 22.0 Å². The van der Waals surface area contributed by atoms with Crippen molar-refractivity contribution >= 4 is 17.3 Å². The first-order chi connectivity index (χ1) is 11.8. The zero-order valence-electron chi connectivity index (χ0n) is 12.6. The number of carbonyl (C=O) groups is 1. The van der Waals surface area contributed by atoms with Crippen LogP contribution in [0.15, 0.2) is 48.5 Å². The van der Waals surface area contributed by atoms with Crippen molar-refractivity contribution in [3.8, 4) is 5.75 Å². The Hall–Kier alpha value is -2.84. The van der Waals surface area contributed by atoms with Crippen LogP contribution in [0, 0.1) is 0 Å². The molecule has 2 aromatic carbocycles. The average Bonchev–Trinajstić information content (AvgIpc) is 2.53. The summed E-state index contributed by atoms with van der Waals surface area (Å²) >= 11 is 0. The Bertz CT molecular complexity index is 717. The first-order valence-corrected chi connectivity index (χ1v) is 7.00. The van der Waals surface area contributed by atoms with Crippen LogP contribution >= 0.6 is 0 Å².